The Kier molecular flexibility index (Phi) is 8.02. The van der Waals surface area contributed by atoms with Crippen LogP contribution >= 0.6 is 0 Å². The van der Waals surface area contributed by atoms with E-state index in [9.17, 15) is 4.79 Å². The van der Waals surface area contributed by atoms with Crippen LogP contribution in [0.2, 0.25) is 0 Å². The highest BCUT2D eigenvalue weighted by Crippen LogP contribution is 2.33. The number of hydrogen-bond donors (Lipinski definition) is 2. The fourth-order valence-electron chi connectivity index (χ4n) is 4.83. The number of nitrogens with one attached hydrogen (secondary N) is 2. The SMILES string of the molecule is O=C(NCCCCN1CCCC1)NCC1(N2CCOCC2)CCCCC1. The molecule has 2 N–H and O–H groups in total. The van der Waals surface area contributed by atoms with Crippen LogP contribution in [0, 0.1) is 0 Å². The Morgan fingerprint density at radius 1 is 0.885 bits per heavy atom. The van der Waals surface area contributed by atoms with Crippen molar-refractivity contribution in [2.45, 2.75) is 63.3 Å². The summed E-state index contributed by atoms with van der Waals surface area (Å²) in [6.45, 7) is 8.91. The molecule has 0 bridgehead atoms. The van der Waals surface area contributed by atoms with E-state index in [1.54, 1.807) is 0 Å². The first-order valence-electron chi connectivity index (χ1n) is 10.9. The first-order valence-corrected chi connectivity index (χ1v) is 10.9. The fourth-order valence-corrected chi connectivity index (χ4v) is 4.83. The van der Waals surface area contributed by atoms with Crippen molar-refractivity contribution >= 4 is 6.03 Å². The van der Waals surface area contributed by atoms with Gasteiger partial charge in [-0.25, -0.2) is 4.79 Å². The van der Waals surface area contributed by atoms with Crippen LogP contribution in [-0.4, -0.2) is 80.4 Å². The van der Waals surface area contributed by atoms with E-state index in [-0.39, 0.29) is 11.6 Å². The summed E-state index contributed by atoms with van der Waals surface area (Å²) in [5.74, 6) is 0. The molecule has 1 aliphatic carbocycles. The number of ether oxygens (including phenoxy) is 1. The second-order valence-electron chi connectivity index (χ2n) is 8.25. The molecular weight excluding hydrogens is 328 g/mol. The van der Waals surface area contributed by atoms with Crippen LogP contribution in [0.15, 0.2) is 0 Å². The lowest BCUT2D eigenvalue weighted by molar-refractivity contribution is -0.0357. The molecule has 3 aliphatic rings. The minimum atomic E-state index is 0.00406. The topological polar surface area (TPSA) is 56.8 Å². The van der Waals surface area contributed by atoms with Gasteiger partial charge in [-0.05, 0) is 58.2 Å². The zero-order valence-electron chi connectivity index (χ0n) is 16.4. The highest BCUT2D eigenvalue weighted by molar-refractivity contribution is 5.73. The van der Waals surface area contributed by atoms with Crippen LogP contribution in [0.5, 0.6) is 0 Å². The van der Waals surface area contributed by atoms with Gasteiger partial charge in [0.1, 0.15) is 0 Å². The average Bonchev–Trinajstić information content (AvgIpc) is 3.21. The lowest BCUT2D eigenvalue weighted by atomic mass is 9.80. The molecule has 2 aliphatic heterocycles. The van der Waals surface area contributed by atoms with Gasteiger partial charge in [-0.1, -0.05) is 19.3 Å². The molecule has 2 amide bonds. The molecule has 0 unspecified atom stereocenters. The molecule has 2 heterocycles. The number of amides is 2. The smallest absolute Gasteiger partial charge is 0.314 e. The van der Waals surface area contributed by atoms with E-state index >= 15 is 0 Å². The molecule has 0 spiro atoms. The van der Waals surface area contributed by atoms with Crippen LogP contribution in [0.1, 0.15) is 57.8 Å². The number of carbonyl (C=O) groups excluding carboxylic acids is 1. The minimum absolute atomic E-state index is 0.00406. The summed E-state index contributed by atoms with van der Waals surface area (Å²) in [5, 5.41) is 6.24. The van der Waals surface area contributed by atoms with E-state index < -0.39 is 0 Å². The Morgan fingerprint density at radius 2 is 1.62 bits per heavy atom. The first-order chi connectivity index (χ1) is 12.8. The highest BCUT2D eigenvalue weighted by Gasteiger charge is 2.38. The number of unbranched alkanes of at least 4 members (excludes halogenated alkanes) is 1. The van der Waals surface area contributed by atoms with Gasteiger partial charge in [-0.15, -0.1) is 0 Å². The number of morpholine rings is 1. The van der Waals surface area contributed by atoms with Gasteiger partial charge >= 0.3 is 6.03 Å². The van der Waals surface area contributed by atoms with Crippen molar-refractivity contribution in [2.24, 2.45) is 0 Å². The van der Waals surface area contributed by atoms with E-state index in [0.29, 0.717) is 0 Å². The molecule has 3 fully saturated rings. The molecule has 3 rings (SSSR count). The van der Waals surface area contributed by atoms with E-state index in [1.165, 1.54) is 71.0 Å². The summed E-state index contributed by atoms with van der Waals surface area (Å²) in [4.78, 5) is 17.4. The van der Waals surface area contributed by atoms with E-state index in [4.69, 9.17) is 4.74 Å². The summed E-state index contributed by atoms with van der Waals surface area (Å²) in [6.07, 6.45) is 11.2. The van der Waals surface area contributed by atoms with Crippen molar-refractivity contribution in [1.82, 2.24) is 20.4 Å². The maximum atomic E-state index is 12.3. The summed E-state index contributed by atoms with van der Waals surface area (Å²) < 4.78 is 5.53. The Bertz CT molecular complexity index is 414. The zero-order chi connectivity index (χ0) is 18.1. The molecule has 0 aromatic rings. The Hall–Kier alpha value is -0.850. The van der Waals surface area contributed by atoms with Gasteiger partial charge in [-0.3, -0.25) is 4.90 Å². The second-order valence-corrected chi connectivity index (χ2v) is 8.25. The van der Waals surface area contributed by atoms with E-state index in [2.05, 4.69) is 20.4 Å². The van der Waals surface area contributed by atoms with Gasteiger partial charge in [0.25, 0.3) is 0 Å². The predicted octanol–water partition coefficient (Wildman–Crippen LogP) is 2.20. The summed E-state index contributed by atoms with van der Waals surface area (Å²) in [6, 6.07) is 0.00406. The van der Waals surface area contributed by atoms with Crippen molar-refractivity contribution < 1.29 is 9.53 Å². The molecule has 1 saturated carbocycles. The van der Waals surface area contributed by atoms with Crippen LogP contribution in [0.4, 0.5) is 4.79 Å². The van der Waals surface area contributed by atoms with Gasteiger partial charge in [0.2, 0.25) is 0 Å². The number of likely N-dealkylation sites (tertiary alicyclic amines) is 1. The first kappa shape index (κ1) is 19.9. The largest absolute Gasteiger partial charge is 0.379 e. The molecule has 2 saturated heterocycles. The monoisotopic (exact) mass is 366 g/mol. The second kappa shape index (κ2) is 10.5. The molecule has 0 aromatic heterocycles. The van der Waals surface area contributed by atoms with Crippen LogP contribution in [0.25, 0.3) is 0 Å². The van der Waals surface area contributed by atoms with Gasteiger partial charge < -0.3 is 20.3 Å². The van der Waals surface area contributed by atoms with E-state index in [0.717, 1.165) is 45.8 Å². The molecule has 0 atom stereocenters. The Balaban J connectivity index is 1.34. The number of urea groups is 1. The molecular formula is C20H38N4O2. The summed E-state index contributed by atoms with van der Waals surface area (Å²) in [5.41, 5.74) is 0.148. The summed E-state index contributed by atoms with van der Waals surface area (Å²) in [7, 11) is 0. The number of carbonyl (C=O) groups is 1. The number of nitrogens with zero attached hydrogens (tertiary/aromatic N) is 2. The highest BCUT2D eigenvalue weighted by atomic mass is 16.5. The molecule has 0 radical (unpaired) electrons. The quantitative estimate of drug-likeness (QED) is 0.647. The van der Waals surface area contributed by atoms with Crippen molar-refractivity contribution in [3.8, 4) is 0 Å². The van der Waals surface area contributed by atoms with Gasteiger partial charge in [0.15, 0.2) is 0 Å². The summed E-state index contributed by atoms with van der Waals surface area (Å²) >= 11 is 0. The van der Waals surface area contributed by atoms with Gasteiger partial charge in [0, 0.05) is 31.7 Å². The zero-order valence-corrected chi connectivity index (χ0v) is 16.4. The minimum Gasteiger partial charge on any atom is -0.379 e. The molecule has 6 heteroatoms. The van der Waals surface area contributed by atoms with Crippen LogP contribution in [0.3, 0.4) is 0 Å². The van der Waals surface area contributed by atoms with Gasteiger partial charge in [0.05, 0.1) is 13.2 Å². The van der Waals surface area contributed by atoms with Crippen molar-refractivity contribution in [3.05, 3.63) is 0 Å². The van der Waals surface area contributed by atoms with E-state index in [1.807, 2.05) is 0 Å². The maximum absolute atomic E-state index is 12.3. The average molecular weight is 367 g/mol. The van der Waals surface area contributed by atoms with Crippen LogP contribution < -0.4 is 10.6 Å². The maximum Gasteiger partial charge on any atom is 0.314 e. The lowest BCUT2D eigenvalue weighted by Gasteiger charge is -2.48. The molecule has 26 heavy (non-hydrogen) atoms. The van der Waals surface area contributed by atoms with Crippen molar-refractivity contribution in [1.29, 1.82) is 0 Å². The third kappa shape index (κ3) is 5.83. The normalized spacial score (nSPS) is 24.5. The molecule has 6 nitrogen and oxygen atoms in total. The lowest BCUT2D eigenvalue weighted by Crippen LogP contribution is -2.60. The van der Waals surface area contributed by atoms with Crippen molar-refractivity contribution in [2.75, 3.05) is 59.0 Å². The predicted molar refractivity (Wildman–Crippen MR) is 105 cm³/mol. The Morgan fingerprint density at radius 3 is 2.35 bits per heavy atom. The van der Waals surface area contributed by atoms with Crippen LogP contribution in [-0.2, 0) is 4.74 Å². The third-order valence-electron chi connectivity index (χ3n) is 6.43. The van der Waals surface area contributed by atoms with Crippen molar-refractivity contribution in [3.63, 3.8) is 0 Å². The third-order valence-corrected chi connectivity index (χ3v) is 6.43. The molecule has 150 valence electrons. The van der Waals surface area contributed by atoms with Gasteiger partial charge in [-0.2, -0.15) is 0 Å². The molecule has 0 aromatic carbocycles. The standard InChI is InChI=1S/C20H38N4O2/c25-19(21-10-4-5-11-23-12-6-7-13-23)22-18-20(8-2-1-3-9-20)24-14-16-26-17-15-24/h1-18H2,(H2,21,22,25). The fraction of sp³-hybridized carbons (Fsp3) is 0.950. The number of hydrogen-bond acceptors (Lipinski definition) is 4. The number of rotatable bonds is 8. The Labute approximate surface area is 159 Å².